The van der Waals surface area contributed by atoms with Crippen molar-refractivity contribution in [2.75, 3.05) is 44.9 Å². The summed E-state index contributed by atoms with van der Waals surface area (Å²) in [5.41, 5.74) is 27.4. The quantitative estimate of drug-likeness (QED) is 0.0173. The predicted octanol–water partition coefficient (Wildman–Crippen LogP) is -8.55. The van der Waals surface area contributed by atoms with E-state index in [4.69, 9.17) is 28.7 Å². The van der Waals surface area contributed by atoms with Crippen LogP contribution in [-0.2, 0) is 54.4 Å². The molecule has 8 amide bonds. The SMILES string of the molecule is CSCC[C@H](NC(=O)[C@@H]1CCCN1C(=O)[C@@H](NC(=O)[C@H](CCCN=C(N)N)NC(=O)[C@H](CO)NC(=O)[C@H](Cc1cnc[nH]1)NC(=O)[C@H](CC(=O)O)NC(=O)[C@H](CCCN=C(N)N)NC(=O)[C@@H](N)CO)[C@@H](C)O)C(=O)O. The molecule has 33 heteroatoms. The van der Waals surface area contributed by atoms with E-state index in [1.165, 1.54) is 31.2 Å². The Hall–Kier alpha value is -7.36. The van der Waals surface area contributed by atoms with Gasteiger partial charge in [-0.1, -0.05) is 0 Å². The molecule has 1 fully saturated rings. The highest BCUT2D eigenvalue weighted by Gasteiger charge is 2.41. The Labute approximate surface area is 434 Å². The van der Waals surface area contributed by atoms with E-state index in [1.54, 1.807) is 6.26 Å². The van der Waals surface area contributed by atoms with Gasteiger partial charge in [0.05, 0.1) is 32.1 Å². The van der Waals surface area contributed by atoms with Gasteiger partial charge in [-0.05, 0) is 63.9 Å². The molecule has 1 aromatic rings. The lowest BCUT2D eigenvalue weighted by atomic mass is 10.1. The van der Waals surface area contributed by atoms with E-state index in [0.29, 0.717) is 12.2 Å². The number of H-pyrrole nitrogens is 1. The highest BCUT2D eigenvalue weighted by Crippen LogP contribution is 2.20. The third kappa shape index (κ3) is 22.3. The number of carbonyl (C=O) groups excluding carboxylic acids is 8. The molecule has 2 heterocycles. The molecule has 32 nitrogen and oxygen atoms in total. The summed E-state index contributed by atoms with van der Waals surface area (Å²) in [4.78, 5) is 148. The van der Waals surface area contributed by atoms with Gasteiger partial charge >= 0.3 is 11.9 Å². The lowest BCUT2D eigenvalue weighted by Gasteiger charge is -2.31. The Morgan fingerprint density at radius 1 is 0.733 bits per heavy atom. The van der Waals surface area contributed by atoms with E-state index < -0.39 is 146 Å². The number of carboxylic acids is 2. The zero-order chi connectivity index (χ0) is 56.4. The third-order valence-electron chi connectivity index (χ3n) is 11.2. The number of rotatable bonds is 34. The number of aromatic nitrogens is 2. The number of aliphatic imine (C=N–C) groups is 2. The van der Waals surface area contributed by atoms with Crippen LogP contribution < -0.4 is 65.9 Å². The zero-order valence-corrected chi connectivity index (χ0v) is 42.3. The van der Waals surface area contributed by atoms with E-state index in [0.717, 1.165) is 4.90 Å². The van der Waals surface area contributed by atoms with Crippen molar-refractivity contribution in [1.29, 1.82) is 0 Å². The molecule has 420 valence electrons. The van der Waals surface area contributed by atoms with Gasteiger partial charge in [0.15, 0.2) is 11.9 Å². The van der Waals surface area contributed by atoms with Gasteiger partial charge in [0.25, 0.3) is 0 Å². The Bertz CT molecular complexity index is 2160. The number of aromatic amines is 1. The molecule has 0 aliphatic carbocycles. The maximum absolute atomic E-state index is 14.0. The number of thioether (sulfide) groups is 1. The molecule has 1 aliphatic heterocycles. The molecule has 0 saturated carbocycles. The summed E-state index contributed by atoms with van der Waals surface area (Å²) in [7, 11) is 0. The fourth-order valence-corrected chi connectivity index (χ4v) is 7.76. The second-order valence-corrected chi connectivity index (χ2v) is 18.1. The van der Waals surface area contributed by atoms with Crippen LogP contribution in [0.15, 0.2) is 22.5 Å². The number of carbonyl (C=O) groups is 10. The smallest absolute Gasteiger partial charge is 0.326 e. The van der Waals surface area contributed by atoms with Crippen molar-refractivity contribution in [1.82, 2.24) is 52.1 Å². The van der Waals surface area contributed by atoms with Crippen molar-refractivity contribution < 1.29 is 73.5 Å². The first-order valence-electron chi connectivity index (χ1n) is 23.5. The van der Waals surface area contributed by atoms with Crippen molar-refractivity contribution in [3.8, 4) is 0 Å². The number of amides is 8. The molecule has 0 bridgehead atoms. The van der Waals surface area contributed by atoms with Gasteiger partial charge in [-0.15, -0.1) is 0 Å². The van der Waals surface area contributed by atoms with Crippen LogP contribution in [0.1, 0.15) is 64.0 Å². The summed E-state index contributed by atoms with van der Waals surface area (Å²) >= 11 is 1.37. The number of likely N-dealkylation sites (tertiary alicyclic amines) is 1. The van der Waals surface area contributed by atoms with Crippen LogP contribution in [0.2, 0.25) is 0 Å². The molecule has 2 rings (SSSR count). The Kier molecular flexibility index (Phi) is 27.8. The molecule has 75 heavy (non-hydrogen) atoms. The molecule has 23 N–H and O–H groups in total. The van der Waals surface area contributed by atoms with Crippen molar-refractivity contribution in [3.63, 3.8) is 0 Å². The molecule has 10 atom stereocenters. The molecule has 0 aromatic carbocycles. The van der Waals surface area contributed by atoms with E-state index in [-0.39, 0.29) is 75.8 Å². The maximum Gasteiger partial charge on any atom is 0.326 e. The van der Waals surface area contributed by atoms with Gasteiger partial charge in [-0.2, -0.15) is 11.8 Å². The number of aliphatic hydroxyl groups is 3. The lowest BCUT2D eigenvalue weighted by molar-refractivity contribution is -0.146. The Morgan fingerprint density at radius 3 is 1.76 bits per heavy atom. The number of nitrogens with one attached hydrogen (secondary N) is 8. The summed E-state index contributed by atoms with van der Waals surface area (Å²) in [6.07, 6.45) is 1.46. The number of imidazole rings is 1. The maximum atomic E-state index is 14.0. The molecule has 0 spiro atoms. The monoisotopic (exact) mass is 1090 g/mol. The number of nitrogens with zero attached hydrogens (tertiary/aromatic N) is 4. The van der Waals surface area contributed by atoms with Crippen LogP contribution in [0, 0.1) is 0 Å². The summed E-state index contributed by atoms with van der Waals surface area (Å²) in [6.45, 7) is -0.804. The number of hydrogen-bond donors (Lipinski definition) is 18. The molecule has 1 aromatic heterocycles. The number of nitrogens with two attached hydrogens (primary N) is 5. The average Bonchev–Trinajstić information content (AvgIpc) is 4.07. The first-order chi connectivity index (χ1) is 35.4. The number of carboxylic acid groups (broad SMARTS) is 2. The second kappa shape index (κ2) is 32.7. The summed E-state index contributed by atoms with van der Waals surface area (Å²) in [5, 5.41) is 66.2. The first-order valence-corrected chi connectivity index (χ1v) is 24.9. The van der Waals surface area contributed by atoms with E-state index >= 15 is 0 Å². The summed E-state index contributed by atoms with van der Waals surface area (Å²) < 4.78 is 0. The first kappa shape index (κ1) is 63.8. The predicted molar refractivity (Wildman–Crippen MR) is 267 cm³/mol. The van der Waals surface area contributed by atoms with E-state index in [2.05, 4.69) is 57.2 Å². The van der Waals surface area contributed by atoms with Gasteiger partial charge in [0, 0.05) is 37.9 Å². The van der Waals surface area contributed by atoms with Crippen LogP contribution >= 0.6 is 11.8 Å². The number of aliphatic carboxylic acids is 2. The van der Waals surface area contributed by atoms with Crippen molar-refractivity contribution in [2.24, 2.45) is 38.7 Å². The van der Waals surface area contributed by atoms with Crippen LogP contribution in [0.3, 0.4) is 0 Å². The molecule has 1 aliphatic rings. The molecule has 1 saturated heterocycles. The molecule has 0 radical (unpaired) electrons. The highest BCUT2D eigenvalue weighted by atomic mass is 32.2. The van der Waals surface area contributed by atoms with Crippen LogP contribution in [0.25, 0.3) is 0 Å². The third-order valence-corrected chi connectivity index (χ3v) is 11.9. The second-order valence-electron chi connectivity index (χ2n) is 17.2. The van der Waals surface area contributed by atoms with E-state index in [1.807, 2.05) is 0 Å². The van der Waals surface area contributed by atoms with Gasteiger partial charge in [0.1, 0.15) is 54.4 Å². The van der Waals surface area contributed by atoms with Gasteiger partial charge in [0.2, 0.25) is 47.3 Å². The molecular weight excluding hydrogens is 1010 g/mol. The standard InChI is InChI=1S/C42H71N17O15S/c1-20(62)31(39(72)59-12-5-8-29(59)38(71)54-25(40(73)74)9-13-75-2)58-34(67)24(7-4-11-50-42(46)47)53-37(70)28(18-61)57-35(68)26(14-21-16-48-19-51-21)55-36(69)27(15-30(63)64)56-33(66)23(6-3-10-49-41(44)45)52-32(65)22(43)17-60/h16,19-20,22-29,31,60-62H,3-15,17-18,43H2,1-2H3,(H,48,51)(H,52,65)(H,53,70)(H,54,71)(H,55,69)(H,56,66)(H,57,68)(H,58,67)(H,63,64)(H,73,74)(H4,44,45,49)(H4,46,47,50)/t20-,22+,23+,24+,25+,26+,27+,28+,29+,31+/m1/s1. The average molecular weight is 1090 g/mol. The minimum absolute atomic E-state index is 0.0103. The Morgan fingerprint density at radius 2 is 1.25 bits per heavy atom. The fourth-order valence-electron chi connectivity index (χ4n) is 7.28. The van der Waals surface area contributed by atoms with Crippen LogP contribution in [-0.4, -0.2) is 217 Å². The molecular formula is C42H71N17O15S. The van der Waals surface area contributed by atoms with Gasteiger partial charge < -0.3 is 101 Å². The van der Waals surface area contributed by atoms with Crippen LogP contribution in [0.4, 0.5) is 0 Å². The Balaban J connectivity index is 2.39. The summed E-state index contributed by atoms with van der Waals surface area (Å²) in [5.74, 6) is -11.4. The van der Waals surface area contributed by atoms with Gasteiger partial charge in [-0.25, -0.2) is 9.78 Å². The van der Waals surface area contributed by atoms with Crippen molar-refractivity contribution in [3.05, 3.63) is 18.2 Å². The molecule has 0 unspecified atom stereocenters. The largest absolute Gasteiger partial charge is 0.481 e. The fraction of sp³-hybridized carbons (Fsp3) is 0.643. The van der Waals surface area contributed by atoms with Crippen LogP contribution in [0.5, 0.6) is 0 Å². The summed E-state index contributed by atoms with van der Waals surface area (Å²) in [6, 6.07) is -14.1. The number of hydrogen-bond acceptors (Lipinski definition) is 18. The normalized spacial score (nSPS) is 16.6. The number of guanidine groups is 2. The number of aliphatic hydroxyl groups excluding tert-OH is 3. The minimum Gasteiger partial charge on any atom is -0.481 e. The van der Waals surface area contributed by atoms with E-state index in [9.17, 15) is 73.5 Å². The van der Waals surface area contributed by atoms with Crippen molar-refractivity contribution in [2.45, 2.75) is 125 Å². The lowest BCUT2D eigenvalue weighted by Crippen LogP contribution is -2.62. The highest BCUT2D eigenvalue weighted by molar-refractivity contribution is 7.98. The van der Waals surface area contributed by atoms with Crippen molar-refractivity contribution >= 4 is 82.9 Å². The minimum atomic E-state index is -1.92. The topological polar surface area (TPSA) is 543 Å². The van der Waals surface area contributed by atoms with Gasteiger partial charge in [-0.3, -0.25) is 53.1 Å². The zero-order valence-electron chi connectivity index (χ0n) is 41.4.